The summed E-state index contributed by atoms with van der Waals surface area (Å²) in [4.78, 5) is 28.6. The van der Waals surface area contributed by atoms with Gasteiger partial charge in [-0.2, -0.15) is 23.4 Å². The Bertz CT molecular complexity index is 1320. The van der Waals surface area contributed by atoms with Gasteiger partial charge in [0.25, 0.3) is 5.91 Å². The fraction of sp³-hybridized carbons (Fsp3) is 0.261. The molecule has 2 amide bonds. The number of benzene rings is 1. The van der Waals surface area contributed by atoms with E-state index in [1.165, 1.54) is 31.3 Å². The van der Waals surface area contributed by atoms with E-state index in [9.17, 15) is 32.3 Å². The number of halogens is 4. The van der Waals surface area contributed by atoms with Crippen LogP contribution in [0.2, 0.25) is 0 Å². The van der Waals surface area contributed by atoms with E-state index in [2.05, 4.69) is 15.2 Å². The first-order valence-electron chi connectivity index (χ1n) is 10.5. The maximum absolute atomic E-state index is 14.3. The number of pyridine rings is 1. The van der Waals surface area contributed by atoms with Crippen molar-refractivity contribution in [1.29, 1.82) is 0 Å². The zero-order valence-corrected chi connectivity index (χ0v) is 18.6. The summed E-state index contributed by atoms with van der Waals surface area (Å²) in [5.41, 5.74) is -0.745. The lowest BCUT2D eigenvalue weighted by Crippen LogP contribution is -2.51. The summed E-state index contributed by atoms with van der Waals surface area (Å²) in [7, 11) is 0. The lowest BCUT2D eigenvalue weighted by molar-refractivity contribution is -0.265. The highest BCUT2D eigenvalue weighted by atomic mass is 19.4. The van der Waals surface area contributed by atoms with Gasteiger partial charge in [-0.15, -0.1) is 0 Å². The monoisotopic (exact) mass is 505 g/mol. The molecule has 0 radical (unpaired) electrons. The summed E-state index contributed by atoms with van der Waals surface area (Å²) in [6.07, 6.45) is -3.11. The van der Waals surface area contributed by atoms with Crippen LogP contribution in [0.1, 0.15) is 28.5 Å². The maximum Gasteiger partial charge on any atom is 0.424 e. The Labute approximate surface area is 201 Å². The van der Waals surface area contributed by atoms with Crippen molar-refractivity contribution in [1.82, 2.24) is 20.5 Å². The van der Waals surface area contributed by atoms with Gasteiger partial charge in [0.05, 0.1) is 30.2 Å². The molecule has 13 heteroatoms. The van der Waals surface area contributed by atoms with E-state index in [0.717, 1.165) is 24.4 Å². The van der Waals surface area contributed by atoms with Crippen LogP contribution in [-0.2, 0) is 15.8 Å². The normalized spacial score (nSPS) is 18.6. The van der Waals surface area contributed by atoms with E-state index in [0.29, 0.717) is 0 Å². The van der Waals surface area contributed by atoms with Crippen LogP contribution >= 0.6 is 0 Å². The molecular weight excluding hydrogens is 486 g/mol. The van der Waals surface area contributed by atoms with E-state index in [4.69, 9.17) is 10.5 Å². The van der Waals surface area contributed by atoms with Crippen molar-refractivity contribution in [2.75, 3.05) is 13.2 Å². The number of nitrogens with zero attached hydrogens (tertiary/aromatic N) is 3. The van der Waals surface area contributed by atoms with Crippen molar-refractivity contribution in [3.05, 3.63) is 71.4 Å². The first kappa shape index (κ1) is 25.0. The minimum absolute atomic E-state index is 0.0249. The third-order valence-corrected chi connectivity index (χ3v) is 5.98. The lowest BCUT2D eigenvalue weighted by Gasteiger charge is -2.31. The Morgan fingerprint density at radius 3 is 2.47 bits per heavy atom. The molecule has 36 heavy (non-hydrogen) atoms. The summed E-state index contributed by atoms with van der Waals surface area (Å²) >= 11 is 0. The number of hydrogen-bond donors (Lipinski definition) is 3. The highest BCUT2D eigenvalue weighted by molar-refractivity contribution is 5.93. The molecule has 188 valence electrons. The van der Waals surface area contributed by atoms with Crippen LogP contribution < -0.4 is 15.8 Å². The zero-order chi connectivity index (χ0) is 26.3. The molecule has 1 aliphatic rings. The van der Waals surface area contributed by atoms with Gasteiger partial charge in [-0.3, -0.25) is 9.59 Å². The number of carbonyl (C=O) groups excluding carboxylic acids is 2. The van der Waals surface area contributed by atoms with Gasteiger partial charge in [0.1, 0.15) is 29.3 Å². The molecule has 1 aromatic carbocycles. The van der Waals surface area contributed by atoms with Gasteiger partial charge in [-0.25, -0.2) is 9.37 Å². The van der Waals surface area contributed by atoms with Crippen LogP contribution in [0, 0.1) is 5.82 Å². The molecule has 0 spiro atoms. The first-order valence-corrected chi connectivity index (χ1v) is 10.5. The van der Waals surface area contributed by atoms with E-state index < -0.39 is 47.1 Å². The second-order valence-corrected chi connectivity index (χ2v) is 8.40. The van der Waals surface area contributed by atoms with E-state index in [-0.39, 0.29) is 34.7 Å². The molecule has 4 rings (SSSR count). The van der Waals surface area contributed by atoms with Crippen LogP contribution in [0.3, 0.4) is 0 Å². The van der Waals surface area contributed by atoms with Crippen LogP contribution in [0.15, 0.2) is 48.8 Å². The SMILES string of the molecule is C[C@]1(C(N)=O)COc2c1cc(C(O)(CNC(=O)c1ccnnc1)C(F)(F)F)nc2-c1ccc(F)cc1. The van der Waals surface area contributed by atoms with Gasteiger partial charge in [0.2, 0.25) is 11.5 Å². The Morgan fingerprint density at radius 1 is 1.19 bits per heavy atom. The number of primary amides is 1. The van der Waals surface area contributed by atoms with Crippen LogP contribution in [-0.4, -0.2) is 51.4 Å². The molecule has 0 saturated carbocycles. The second-order valence-electron chi connectivity index (χ2n) is 8.40. The number of carbonyl (C=O) groups is 2. The number of rotatable bonds is 6. The first-order chi connectivity index (χ1) is 16.9. The number of hydrogen-bond acceptors (Lipinski definition) is 7. The van der Waals surface area contributed by atoms with Crippen molar-refractivity contribution in [2.24, 2.45) is 5.73 Å². The van der Waals surface area contributed by atoms with E-state index in [1.807, 2.05) is 5.32 Å². The molecule has 1 aliphatic heterocycles. The number of nitrogens with one attached hydrogen (secondary N) is 1. The number of aromatic nitrogens is 3. The average Bonchev–Trinajstić information content (AvgIpc) is 3.20. The van der Waals surface area contributed by atoms with Crippen molar-refractivity contribution in [3.8, 4) is 17.0 Å². The zero-order valence-electron chi connectivity index (χ0n) is 18.6. The summed E-state index contributed by atoms with van der Waals surface area (Å²) < 4.78 is 62.0. The smallest absolute Gasteiger partial charge is 0.424 e. The van der Waals surface area contributed by atoms with Gasteiger partial charge in [0, 0.05) is 11.1 Å². The summed E-state index contributed by atoms with van der Waals surface area (Å²) in [5.74, 6) is -2.45. The van der Waals surface area contributed by atoms with Crippen molar-refractivity contribution in [2.45, 2.75) is 24.1 Å². The highest BCUT2D eigenvalue weighted by Crippen LogP contribution is 2.47. The van der Waals surface area contributed by atoms with Gasteiger partial charge in [0.15, 0.2) is 0 Å². The number of alkyl halides is 3. The van der Waals surface area contributed by atoms with Gasteiger partial charge < -0.3 is 20.9 Å². The number of nitrogens with two attached hydrogens (primary N) is 1. The third-order valence-electron chi connectivity index (χ3n) is 5.98. The number of aliphatic hydroxyl groups is 1. The topological polar surface area (TPSA) is 140 Å². The van der Waals surface area contributed by atoms with Crippen LogP contribution in [0.4, 0.5) is 17.6 Å². The predicted molar refractivity (Wildman–Crippen MR) is 116 cm³/mol. The van der Waals surface area contributed by atoms with Crippen molar-refractivity contribution >= 4 is 11.8 Å². The van der Waals surface area contributed by atoms with Crippen molar-refractivity contribution < 1.29 is 37.0 Å². The minimum atomic E-state index is -5.32. The maximum atomic E-state index is 14.3. The summed E-state index contributed by atoms with van der Waals surface area (Å²) in [5, 5.41) is 19.9. The Hall–Kier alpha value is -4.13. The summed E-state index contributed by atoms with van der Waals surface area (Å²) in [6.45, 7) is -0.224. The van der Waals surface area contributed by atoms with E-state index >= 15 is 0 Å². The Balaban J connectivity index is 1.86. The predicted octanol–water partition coefficient (Wildman–Crippen LogP) is 1.99. The number of amides is 2. The third kappa shape index (κ3) is 4.21. The van der Waals surface area contributed by atoms with Gasteiger partial charge in [-0.1, -0.05) is 0 Å². The molecule has 3 heterocycles. The molecule has 9 nitrogen and oxygen atoms in total. The van der Waals surface area contributed by atoms with Crippen LogP contribution in [0.5, 0.6) is 5.75 Å². The molecular formula is C23H19F4N5O4. The Kier molecular flexibility index (Phi) is 6.12. The molecule has 0 aliphatic carbocycles. The van der Waals surface area contributed by atoms with Crippen molar-refractivity contribution in [3.63, 3.8) is 0 Å². The molecule has 1 unspecified atom stereocenters. The number of ether oxygens (including phenoxy) is 1. The quantitative estimate of drug-likeness (QED) is 0.435. The Morgan fingerprint density at radius 2 is 1.89 bits per heavy atom. The molecule has 3 aromatic rings. The molecule has 4 N–H and O–H groups in total. The molecule has 0 fully saturated rings. The lowest BCUT2D eigenvalue weighted by atomic mass is 9.81. The minimum Gasteiger partial charge on any atom is -0.489 e. The highest BCUT2D eigenvalue weighted by Gasteiger charge is 2.57. The van der Waals surface area contributed by atoms with Gasteiger partial charge in [-0.05, 0) is 43.3 Å². The average molecular weight is 505 g/mol. The second kappa shape index (κ2) is 8.82. The fourth-order valence-electron chi connectivity index (χ4n) is 3.67. The van der Waals surface area contributed by atoms with Gasteiger partial charge >= 0.3 is 6.18 Å². The van der Waals surface area contributed by atoms with E-state index in [1.54, 1.807) is 0 Å². The standard InChI is InChI=1S/C23H19F4N5O4/c1-21(20(28)34)11-36-18-15(21)8-16(32-17(18)12-2-4-14(24)5-3-12)22(35,23(25,26)27)10-29-19(33)13-6-7-30-31-9-13/h2-9,35H,10-11H2,1H3,(H2,28,34)(H,29,33)/t21-,22?/m0/s1. The summed E-state index contributed by atoms with van der Waals surface area (Å²) in [6, 6.07) is 6.76. The fourth-order valence-corrected chi connectivity index (χ4v) is 3.67. The largest absolute Gasteiger partial charge is 0.489 e. The molecule has 0 bridgehead atoms. The molecule has 0 saturated heterocycles. The van der Waals surface area contributed by atoms with Crippen LogP contribution in [0.25, 0.3) is 11.3 Å². The number of fused-ring (bicyclic) bond motifs is 1. The molecule has 2 aromatic heterocycles. The molecule has 2 atom stereocenters.